The highest BCUT2D eigenvalue weighted by molar-refractivity contribution is 5.81. The molecule has 3 aromatic rings. The number of nitrogens with two attached hydrogens (primary N) is 1. The van der Waals surface area contributed by atoms with E-state index >= 15 is 0 Å². The Kier molecular flexibility index (Phi) is 8.41. The molecule has 0 amide bonds. The number of unbranched alkanes of at least 4 members (excludes halogenated alkanes) is 2. The number of aromatic hydroxyl groups is 1. The molecule has 6 N–H and O–H groups in total. The third kappa shape index (κ3) is 5.42. The average molecular weight is 636 g/mol. The second-order valence-electron chi connectivity index (χ2n) is 14.2. The molecule has 7 rings (SSSR count). The summed E-state index contributed by atoms with van der Waals surface area (Å²) in [5.41, 5.74) is 9.22. The van der Waals surface area contributed by atoms with E-state index in [4.69, 9.17) is 15.2 Å². The summed E-state index contributed by atoms with van der Waals surface area (Å²) in [7, 11) is 0. The van der Waals surface area contributed by atoms with Crippen LogP contribution in [0.15, 0.2) is 30.9 Å². The van der Waals surface area contributed by atoms with Gasteiger partial charge >= 0.3 is 5.97 Å². The summed E-state index contributed by atoms with van der Waals surface area (Å²) in [6, 6.07) is 5.88. The molecule has 10 atom stereocenters. The minimum Gasteiger partial charge on any atom is -0.508 e. The number of imidazole rings is 1. The van der Waals surface area contributed by atoms with E-state index in [9.17, 15) is 25.2 Å². The minimum atomic E-state index is -1.27. The summed E-state index contributed by atoms with van der Waals surface area (Å²) in [6.07, 6.45) is 6.98. The molecule has 2 aromatic heterocycles. The summed E-state index contributed by atoms with van der Waals surface area (Å²) in [5.74, 6) is 2.05. The second kappa shape index (κ2) is 12.4. The van der Waals surface area contributed by atoms with Gasteiger partial charge in [0.15, 0.2) is 17.7 Å². The van der Waals surface area contributed by atoms with Crippen LogP contribution in [-0.2, 0) is 20.7 Å². The van der Waals surface area contributed by atoms with E-state index in [1.165, 1.54) is 28.3 Å². The summed E-state index contributed by atoms with van der Waals surface area (Å²) < 4.78 is 12.8. The van der Waals surface area contributed by atoms with Crippen molar-refractivity contribution >= 4 is 23.0 Å². The SMILES string of the molecule is C[C@]12CC[C@@H]3c4ccc(O)cc4CC[C@H]3[C@@H]1CC(CCCCCC(=O)OC[C@H]1O[C@@H](n3cnc4c(N)ncnc43)[C@H](O)[C@@H]1O)[C@@H]2O. The second-order valence-corrected chi connectivity index (χ2v) is 14.2. The zero-order valence-electron chi connectivity index (χ0n) is 26.2. The lowest BCUT2D eigenvalue weighted by Crippen LogP contribution is -2.44. The van der Waals surface area contributed by atoms with Crippen molar-refractivity contribution in [2.45, 2.75) is 108 Å². The topological polar surface area (TPSA) is 186 Å². The van der Waals surface area contributed by atoms with Crippen molar-refractivity contribution in [2.75, 3.05) is 12.3 Å². The van der Waals surface area contributed by atoms with Gasteiger partial charge in [0.25, 0.3) is 0 Å². The Morgan fingerprint density at radius 1 is 1.13 bits per heavy atom. The molecule has 248 valence electrons. The smallest absolute Gasteiger partial charge is 0.305 e. The molecule has 2 saturated carbocycles. The molecular formula is C34H45N5O7. The molecule has 3 aliphatic carbocycles. The largest absolute Gasteiger partial charge is 0.508 e. The predicted octanol–water partition coefficient (Wildman–Crippen LogP) is 3.37. The Morgan fingerprint density at radius 3 is 2.83 bits per heavy atom. The number of hydrogen-bond acceptors (Lipinski definition) is 11. The molecule has 0 radical (unpaired) electrons. The van der Waals surface area contributed by atoms with Gasteiger partial charge in [-0.05, 0) is 97.3 Å². The van der Waals surface area contributed by atoms with Gasteiger partial charge in [-0.2, -0.15) is 0 Å². The first-order valence-electron chi connectivity index (χ1n) is 16.8. The fourth-order valence-corrected chi connectivity index (χ4v) is 9.25. The van der Waals surface area contributed by atoms with Gasteiger partial charge in [-0.3, -0.25) is 9.36 Å². The maximum absolute atomic E-state index is 12.5. The maximum Gasteiger partial charge on any atom is 0.305 e. The Labute approximate surface area is 268 Å². The van der Waals surface area contributed by atoms with Crippen LogP contribution in [0, 0.1) is 23.2 Å². The molecule has 3 heterocycles. The average Bonchev–Trinajstić information content (AvgIpc) is 3.68. The van der Waals surface area contributed by atoms with Crippen LogP contribution < -0.4 is 5.73 Å². The number of ether oxygens (including phenoxy) is 2. The molecule has 1 aromatic carbocycles. The molecule has 1 saturated heterocycles. The number of esters is 1. The number of aromatic nitrogens is 4. The summed E-state index contributed by atoms with van der Waals surface area (Å²) >= 11 is 0. The van der Waals surface area contributed by atoms with Crippen LogP contribution in [0.2, 0.25) is 0 Å². The molecule has 46 heavy (non-hydrogen) atoms. The molecule has 3 fully saturated rings. The van der Waals surface area contributed by atoms with Gasteiger partial charge in [-0.1, -0.05) is 25.8 Å². The fourth-order valence-electron chi connectivity index (χ4n) is 9.25. The lowest BCUT2D eigenvalue weighted by molar-refractivity contribution is -0.150. The van der Waals surface area contributed by atoms with Crippen LogP contribution in [0.4, 0.5) is 5.82 Å². The van der Waals surface area contributed by atoms with Crippen molar-refractivity contribution in [3.05, 3.63) is 42.0 Å². The quantitative estimate of drug-likeness (QED) is 0.171. The molecule has 0 bridgehead atoms. The third-order valence-corrected chi connectivity index (χ3v) is 11.7. The minimum absolute atomic E-state index is 0.0461. The number of phenols is 1. The highest BCUT2D eigenvalue weighted by atomic mass is 16.6. The number of anilines is 1. The van der Waals surface area contributed by atoms with Gasteiger partial charge in [0.1, 0.15) is 42.5 Å². The number of aryl methyl sites for hydroxylation is 1. The molecular weight excluding hydrogens is 590 g/mol. The summed E-state index contributed by atoms with van der Waals surface area (Å²) in [6.45, 7) is 2.12. The van der Waals surface area contributed by atoms with E-state index in [1.54, 1.807) is 0 Å². The van der Waals surface area contributed by atoms with Crippen LogP contribution >= 0.6 is 0 Å². The lowest BCUT2D eigenvalue weighted by atomic mass is 9.55. The van der Waals surface area contributed by atoms with E-state index in [0.29, 0.717) is 41.1 Å². The first kappa shape index (κ1) is 31.3. The number of carbonyl (C=O) groups excluding carboxylic acids is 1. The number of phenolic OH excluding ortho intramolecular Hbond substituents is 1. The molecule has 12 nitrogen and oxygen atoms in total. The van der Waals surface area contributed by atoms with E-state index in [1.807, 2.05) is 12.1 Å². The van der Waals surface area contributed by atoms with Crippen molar-refractivity contribution < 1.29 is 34.7 Å². The van der Waals surface area contributed by atoms with Crippen molar-refractivity contribution in [3.8, 4) is 5.75 Å². The standard InChI is InChI=1S/C34H45N5O7/c1-34-12-11-22-21-10-8-20(40)13-18(21)7-9-23(22)24(34)14-19(30(34)44)5-3-2-4-6-26(41)45-15-25-28(42)29(43)33(46-25)39-17-38-27-31(35)36-16-37-32(27)39/h8,10,13,16-17,19,22-25,28-30,33,40,42-44H,2-7,9,11-12,14-15H2,1H3,(H2,35,36,37)/t19?,22-,23-,24+,25-,28-,29-,30+,33-,34+/m1/s1. The molecule has 0 spiro atoms. The molecule has 12 heteroatoms. The predicted molar refractivity (Wildman–Crippen MR) is 167 cm³/mol. The van der Waals surface area contributed by atoms with Gasteiger partial charge in [-0.25, -0.2) is 15.0 Å². The van der Waals surface area contributed by atoms with Gasteiger partial charge in [0.2, 0.25) is 0 Å². The van der Waals surface area contributed by atoms with Crippen LogP contribution in [0.5, 0.6) is 5.75 Å². The van der Waals surface area contributed by atoms with Crippen LogP contribution in [-0.4, -0.2) is 76.9 Å². The van der Waals surface area contributed by atoms with Crippen LogP contribution in [0.1, 0.15) is 88.0 Å². The highest BCUT2D eigenvalue weighted by Crippen LogP contribution is 2.62. The van der Waals surface area contributed by atoms with Crippen LogP contribution in [0.3, 0.4) is 0 Å². The Balaban J connectivity index is 0.854. The van der Waals surface area contributed by atoms with Gasteiger partial charge in [-0.15, -0.1) is 0 Å². The number of benzene rings is 1. The first-order chi connectivity index (χ1) is 22.2. The normalized spacial score (nSPS) is 35.1. The highest BCUT2D eigenvalue weighted by Gasteiger charge is 2.57. The van der Waals surface area contributed by atoms with Gasteiger partial charge in [0, 0.05) is 6.42 Å². The number of aliphatic hydroxyl groups is 3. The third-order valence-electron chi connectivity index (χ3n) is 11.7. The monoisotopic (exact) mass is 635 g/mol. The van der Waals surface area contributed by atoms with E-state index in [0.717, 1.165) is 51.4 Å². The zero-order chi connectivity index (χ0) is 32.2. The first-order valence-corrected chi connectivity index (χ1v) is 16.8. The Bertz CT molecular complexity index is 1580. The van der Waals surface area contributed by atoms with E-state index < -0.39 is 24.5 Å². The number of aliphatic hydroxyl groups excluding tert-OH is 3. The molecule has 1 unspecified atom stereocenters. The molecule has 1 aliphatic heterocycles. The number of rotatable bonds is 9. The van der Waals surface area contributed by atoms with Crippen molar-refractivity contribution in [2.24, 2.45) is 23.2 Å². The number of carbonyl (C=O) groups is 1. The maximum atomic E-state index is 12.5. The Morgan fingerprint density at radius 2 is 1.98 bits per heavy atom. The van der Waals surface area contributed by atoms with Gasteiger partial charge < -0.3 is 35.6 Å². The Hall–Kier alpha value is -3.32. The van der Waals surface area contributed by atoms with Gasteiger partial charge in [0.05, 0.1) is 12.4 Å². The number of nitrogens with zero attached hydrogens (tertiary/aromatic N) is 4. The number of hydrogen-bond donors (Lipinski definition) is 5. The van der Waals surface area contributed by atoms with Crippen LogP contribution in [0.25, 0.3) is 11.2 Å². The zero-order valence-corrected chi connectivity index (χ0v) is 26.2. The lowest BCUT2D eigenvalue weighted by Gasteiger charge is -2.50. The van der Waals surface area contributed by atoms with Crippen molar-refractivity contribution in [1.29, 1.82) is 0 Å². The summed E-state index contributed by atoms with van der Waals surface area (Å²) in [5, 5.41) is 42.7. The summed E-state index contributed by atoms with van der Waals surface area (Å²) in [4.78, 5) is 24.8. The van der Waals surface area contributed by atoms with E-state index in [2.05, 4.69) is 27.9 Å². The van der Waals surface area contributed by atoms with E-state index in [-0.39, 0.29) is 42.3 Å². The number of fused-ring (bicyclic) bond motifs is 6. The van der Waals surface area contributed by atoms with Crippen molar-refractivity contribution in [1.82, 2.24) is 19.5 Å². The fraction of sp³-hybridized carbons (Fsp3) is 0.647. The van der Waals surface area contributed by atoms with Crippen molar-refractivity contribution in [3.63, 3.8) is 0 Å². The number of nitrogen functional groups attached to an aromatic ring is 1. The molecule has 4 aliphatic rings.